The van der Waals surface area contributed by atoms with Gasteiger partial charge < -0.3 is 19.9 Å². The zero-order valence-electron chi connectivity index (χ0n) is 12.3. The first-order valence-electron chi connectivity index (χ1n) is 7.14. The fourth-order valence-electron chi connectivity index (χ4n) is 2.27. The van der Waals surface area contributed by atoms with Gasteiger partial charge >= 0.3 is 0 Å². The Hall–Kier alpha value is -2.69. The largest absolute Gasteiger partial charge is 0.507 e. The fraction of sp³-hybridized carbons (Fsp3) is 0.235. The van der Waals surface area contributed by atoms with Crippen molar-refractivity contribution >= 4 is 11.6 Å². The summed E-state index contributed by atoms with van der Waals surface area (Å²) in [6.07, 6.45) is 0.827. The van der Waals surface area contributed by atoms with E-state index < -0.39 is 0 Å². The van der Waals surface area contributed by atoms with E-state index in [9.17, 15) is 9.90 Å². The number of nitrogens with one attached hydrogen (secondary N) is 1. The van der Waals surface area contributed by atoms with E-state index in [1.54, 1.807) is 36.4 Å². The number of phenols is 1. The molecule has 0 unspecified atom stereocenters. The van der Waals surface area contributed by atoms with Crippen LogP contribution in [0.5, 0.6) is 17.2 Å². The van der Waals surface area contributed by atoms with Crippen LogP contribution >= 0.6 is 0 Å². The fourth-order valence-corrected chi connectivity index (χ4v) is 2.27. The van der Waals surface area contributed by atoms with Crippen molar-refractivity contribution in [3.8, 4) is 17.2 Å². The lowest BCUT2D eigenvalue weighted by Crippen LogP contribution is -2.12. The smallest absolute Gasteiger partial charge is 0.259 e. The maximum Gasteiger partial charge on any atom is 0.259 e. The maximum absolute atomic E-state index is 12.2. The summed E-state index contributed by atoms with van der Waals surface area (Å²) in [7, 11) is 0. The van der Waals surface area contributed by atoms with Crippen LogP contribution in [0.25, 0.3) is 0 Å². The molecule has 0 aliphatic carbocycles. The van der Waals surface area contributed by atoms with Crippen LogP contribution in [0.2, 0.25) is 0 Å². The molecule has 2 aromatic rings. The number of rotatable bonds is 2. The first-order chi connectivity index (χ1) is 10.6. The number of aromatic hydroxyl groups is 1. The standard InChI is InChI=1S/C17H17NO4/c1-11-3-5-13(14(19)9-11)17(20)18-12-4-6-15-16(10-12)22-8-2-7-21-15/h3-6,9-10,19H,2,7-8H2,1H3,(H,18,20). The molecule has 2 aromatic carbocycles. The predicted octanol–water partition coefficient (Wildman–Crippen LogP) is 3.11. The number of hydrogen-bond donors (Lipinski definition) is 2. The van der Waals surface area contributed by atoms with Crippen LogP contribution in [0.1, 0.15) is 22.3 Å². The van der Waals surface area contributed by atoms with Crippen LogP contribution in [-0.4, -0.2) is 24.2 Å². The van der Waals surface area contributed by atoms with Crippen molar-refractivity contribution in [1.29, 1.82) is 0 Å². The number of phenolic OH excluding ortho intramolecular Hbond substituents is 1. The van der Waals surface area contributed by atoms with Crippen LogP contribution in [0.4, 0.5) is 5.69 Å². The van der Waals surface area contributed by atoms with Crippen LogP contribution in [0, 0.1) is 6.92 Å². The zero-order valence-corrected chi connectivity index (χ0v) is 12.3. The third-order valence-corrected chi connectivity index (χ3v) is 3.40. The van der Waals surface area contributed by atoms with Crippen molar-refractivity contribution in [3.63, 3.8) is 0 Å². The number of fused-ring (bicyclic) bond motifs is 1. The molecule has 0 saturated heterocycles. The molecule has 0 radical (unpaired) electrons. The summed E-state index contributed by atoms with van der Waals surface area (Å²) in [5.41, 5.74) is 1.72. The molecule has 0 bridgehead atoms. The second-order valence-electron chi connectivity index (χ2n) is 5.19. The first kappa shape index (κ1) is 14.3. The van der Waals surface area contributed by atoms with Crippen molar-refractivity contribution in [2.24, 2.45) is 0 Å². The Morgan fingerprint density at radius 3 is 2.64 bits per heavy atom. The molecular weight excluding hydrogens is 282 g/mol. The molecule has 114 valence electrons. The van der Waals surface area contributed by atoms with Gasteiger partial charge in [0.05, 0.1) is 18.8 Å². The average molecular weight is 299 g/mol. The van der Waals surface area contributed by atoms with Gasteiger partial charge in [0.1, 0.15) is 5.75 Å². The molecule has 5 nitrogen and oxygen atoms in total. The van der Waals surface area contributed by atoms with Gasteiger partial charge in [0.25, 0.3) is 5.91 Å². The van der Waals surface area contributed by atoms with Crippen molar-refractivity contribution in [1.82, 2.24) is 0 Å². The quantitative estimate of drug-likeness (QED) is 0.894. The molecular formula is C17H17NO4. The SMILES string of the molecule is Cc1ccc(C(=O)Nc2ccc3c(c2)OCCCO3)c(O)c1. The summed E-state index contributed by atoms with van der Waals surface area (Å²) < 4.78 is 11.1. The Kier molecular flexibility index (Phi) is 3.87. The van der Waals surface area contributed by atoms with Gasteiger partial charge in [-0.15, -0.1) is 0 Å². The minimum atomic E-state index is -0.369. The average Bonchev–Trinajstić information content (AvgIpc) is 2.71. The monoisotopic (exact) mass is 299 g/mol. The summed E-state index contributed by atoms with van der Waals surface area (Å²) in [6, 6.07) is 10.2. The van der Waals surface area contributed by atoms with Gasteiger partial charge in [0, 0.05) is 18.2 Å². The summed E-state index contributed by atoms with van der Waals surface area (Å²) in [5, 5.41) is 12.6. The lowest BCUT2D eigenvalue weighted by molar-refractivity contribution is 0.102. The highest BCUT2D eigenvalue weighted by molar-refractivity contribution is 6.06. The summed E-state index contributed by atoms with van der Waals surface area (Å²) in [5.74, 6) is 0.885. The van der Waals surface area contributed by atoms with Crippen LogP contribution in [0.3, 0.4) is 0 Å². The first-order valence-corrected chi connectivity index (χ1v) is 7.14. The maximum atomic E-state index is 12.2. The van der Waals surface area contributed by atoms with E-state index in [-0.39, 0.29) is 17.2 Å². The van der Waals surface area contributed by atoms with Gasteiger partial charge in [0.2, 0.25) is 0 Å². The summed E-state index contributed by atoms with van der Waals surface area (Å²) >= 11 is 0. The molecule has 0 fully saturated rings. The number of aryl methyl sites for hydroxylation is 1. The molecule has 3 rings (SSSR count). The van der Waals surface area contributed by atoms with Gasteiger partial charge in [-0.1, -0.05) is 6.07 Å². The Bertz CT molecular complexity index is 712. The van der Waals surface area contributed by atoms with Crippen LogP contribution in [0.15, 0.2) is 36.4 Å². The molecule has 0 atom stereocenters. The van der Waals surface area contributed by atoms with Gasteiger partial charge in [-0.2, -0.15) is 0 Å². The van der Waals surface area contributed by atoms with Crippen molar-refractivity contribution in [3.05, 3.63) is 47.5 Å². The lowest BCUT2D eigenvalue weighted by atomic mass is 10.1. The van der Waals surface area contributed by atoms with E-state index in [4.69, 9.17) is 9.47 Å². The van der Waals surface area contributed by atoms with Crippen LogP contribution < -0.4 is 14.8 Å². The molecule has 1 heterocycles. The second-order valence-corrected chi connectivity index (χ2v) is 5.19. The number of hydrogen-bond acceptors (Lipinski definition) is 4. The Labute approximate surface area is 128 Å². The second kappa shape index (κ2) is 5.97. The third kappa shape index (κ3) is 2.98. The van der Waals surface area contributed by atoms with Gasteiger partial charge in [-0.05, 0) is 36.8 Å². The lowest BCUT2D eigenvalue weighted by Gasteiger charge is -2.11. The Balaban J connectivity index is 1.80. The molecule has 1 aliphatic rings. The van der Waals surface area contributed by atoms with Crippen molar-refractivity contribution < 1.29 is 19.4 Å². The van der Waals surface area contributed by atoms with E-state index in [0.717, 1.165) is 12.0 Å². The molecule has 22 heavy (non-hydrogen) atoms. The zero-order chi connectivity index (χ0) is 15.5. The third-order valence-electron chi connectivity index (χ3n) is 3.40. The molecule has 1 amide bonds. The predicted molar refractivity (Wildman–Crippen MR) is 82.8 cm³/mol. The molecule has 2 N–H and O–H groups in total. The molecule has 0 spiro atoms. The van der Waals surface area contributed by atoms with Crippen LogP contribution in [-0.2, 0) is 0 Å². The van der Waals surface area contributed by atoms with Crippen molar-refractivity contribution in [2.75, 3.05) is 18.5 Å². The molecule has 1 aliphatic heterocycles. The minimum absolute atomic E-state index is 0.0353. The van der Waals surface area contributed by atoms with E-state index in [2.05, 4.69) is 5.32 Å². The van der Waals surface area contributed by atoms with E-state index >= 15 is 0 Å². The number of ether oxygens (including phenoxy) is 2. The highest BCUT2D eigenvalue weighted by Crippen LogP contribution is 2.32. The number of amides is 1. The van der Waals surface area contributed by atoms with Gasteiger partial charge in [-0.25, -0.2) is 0 Å². The minimum Gasteiger partial charge on any atom is -0.507 e. The van der Waals surface area contributed by atoms with E-state index in [1.807, 2.05) is 6.92 Å². The van der Waals surface area contributed by atoms with Gasteiger partial charge in [-0.3, -0.25) is 4.79 Å². The highest BCUT2D eigenvalue weighted by atomic mass is 16.5. The normalized spacial score (nSPS) is 13.3. The molecule has 0 saturated carbocycles. The van der Waals surface area contributed by atoms with E-state index in [0.29, 0.717) is 30.4 Å². The summed E-state index contributed by atoms with van der Waals surface area (Å²) in [4.78, 5) is 12.2. The van der Waals surface area contributed by atoms with Crippen molar-refractivity contribution in [2.45, 2.75) is 13.3 Å². The number of anilines is 1. The van der Waals surface area contributed by atoms with E-state index in [1.165, 1.54) is 0 Å². The molecule has 0 aromatic heterocycles. The number of benzene rings is 2. The number of carbonyl (C=O) groups excluding carboxylic acids is 1. The highest BCUT2D eigenvalue weighted by Gasteiger charge is 2.14. The summed E-state index contributed by atoms with van der Waals surface area (Å²) in [6.45, 7) is 3.06. The topological polar surface area (TPSA) is 67.8 Å². The number of carbonyl (C=O) groups is 1. The molecule has 5 heteroatoms. The Morgan fingerprint density at radius 1 is 1.09 bits per heavy atom. The van der Waals surface area contributed by atoms with Gasteiger partial charge in [0.15, 0.2) is 11.5 Å². The Morgan fingerprint density at radius 2 is 1.86 bits per heavy atom.